The van der Waals surface area contributed by atoms with Crippen molar-refractivity contribution in [3.05, 3.63) is 29.8 Å². The minimum absolute atomic E-state index is 0.0104. The number of nitrogens with one attached hydrogen (secondary N) is 1. The van der Waals surface area contributed by atoms with Crippen molar-refractivity contribution in [2.75, 3.05) is 5.32 Å². The highest BCUT2D eigenvalue weighted by Crippen LogP contribution is 2.24. The fourth-order valence-corrected chi connectivity index (χ4v) is 2.50. The molecule has 102 valence electrons. The first-order valence-corrected chi connectivity index (χ1v) is 6.73. The van der Waals surface area contributed by atoms with Crippen molar-refractivity contribution in [3.63, 3.8) is 0 Å². The second-order valence-electron chi connectivity index (χ2n) is 5.25. The number of rotatable bonds is 3. The summed E-state index contributed by atoms with van der Waals surface area (Å²) < 4.78 is 0. The molecule has 0 heterocycles. The molecule has 1 aliphatic rings. The van der Waals surface area contributed by atoms with Gasteiger partial charge in [0.2, 0.25) is 5.91 Å². The third kappa shape index (κ3) is 3.64. The molecule has 0 aliphatic heterocycles. The number of hydrogen-bond donors (Lipinski definition) is 2. The Morgan fingerprint density at radius 1 is 1.21 bits per heavy atom. The lowest BCUT2D eigenvalue weighted by molar-refractivity contribution is -0.120. The average Bonchev–Trinajstić information content (AvgIpc) is 2.39. The van der Waals surface area contributed by atoms with Gasteiger partial charge < -0.3 is 11.1 Å². The van der Waals surface area contributed by atoms with Crippen LogP contribution in [0.2, 0.25) is 0 Å². The molecule has 4 heteroatoms. The molecule has 0 bridgehead atoms. The number of hydrogen-bond acceptors (Lipinski definition) is 3. The number of anilines is 1. The molecule has 3 N–H and O–H groups in total. The van der Waals surface area contributed by atoms with Crippen LogP contribution in [0, 0.1) is 5.92 Å². The van der Waals surface area contributed by atoms with Gasteiger partial charge in [0.05, 0.1) is 0 Å². The van der Waals surface area contributed by atoms with Gasteiger partial charge in [-0.15, -0.1) is 0 Å². The van der Waals surface area contributed by atoms with Gasteiger partial charge in [0, 0.05) is 23.2 Å². The van der Waals surface area contributed by atoms with Crippen LogP contribution in [-0.2, 0) is 4.79 Å². The standard InChI is InChI=1S/C15H20N2O2/c1-10(18)11-5-7-14(8-6-11)17-15(19)12-3-2-4-13(16)9-12/h5-8,12-13H,2-4,9,16H2,1H3,(H,17,19). The largest absolute Gasteiger partial charge is 0.328 e. The summed E-state index contributed by atoms with van der Waals surface area (Å²) in [5, 5.41) is 2.89. The van der Waals surface area contributed by atoms with Crippen molar-refractivity contribution < 1.29 is 9.59 Å². The summed E-state index contributed by atoms with van der Waals surface area (Å²) in [6.45, 7) is 1.52. The van der Waals surface area contributed by atoms with E-state index in [9.17, 15) is 9.59 Å². The molecular weight excluding hydrogens is 240 g/mol. The Bertz CT molecular complexity index is 468. The number of nitrogens with two attached hydrogens (primary N) is 1. The predicted octanol–water partition coefficient (Wildman–Crippen LogP) is 2.35. The van der Waals surface area contributed by atoms with Gasteiger partial charge in [-0.25, -0.2) is 0 Å². The maximum Gasteiger partial charge on any atom is 0.227 e. The SMILES string of the molecule is CC(=O)c1ccc(NC(=O)C2CCCC(N)C2)cc1. The summed E-state index contributed by atoms with van der Waals surface area (Å²) in [6, 6.07) is 7.12. The Morgan fingerprint density at radius 3 is 2.47 bits per heavy atom. The normalized spacial score (nSPS) is 22.8. The van der Waals surface area contributed by atoms with Crippen LogP contribution in [-0.4, -0.2) is 17.7 Å². The number of carbonyl (C=O) groups excluding carboxylic acids is 2. The Labute approximate surface area is 113 Å². The molecule has 1 saturated carbocycles. The maximum atomic E-state index is 12.1. The van der Waals surface area contributed by atoms with Crippen LogP contribution in [0.5, 0.6) is 0 Å². The van der Waals surface area contributed by atoms with E-state index in [0.717, 1.165) is 31.4 Å². The van der Waals surface area contributed by atoms with Crippen molar-refractivity contribution >= 4 is 17.4 Å². The van der Waals surface area contributed by atoms with E-state index in [0.29, 0.717) is 5.56 Å². The highest BCUT2D eigenvalue weighted by molar-refractivity contribution is 5.96. The molecule has 1 aromatic rings. The first kappa shape index (κ1) is 13.7. The molecule has 0 saturated heterocycles. The third-order valence-corrected chi connectivity index (χ3v) is 3.64. The number of ketones is 1. The highest BCUT2D eigenvalue weighted by atomic mass is 16.2. The monoisotopic (exact) mass is 260 g/mol. The lowest BCUT2D eigenvalue weighted by Crippen LogP contribution is -2.34. The summed E-state index contributed by atoms with van der Waals surface area (Å²) >= 11 is 0. The second-order valence-corrected chi connectivity index (χ2v) is 5.25. The van der Waals surface area contributed by atoms with Crippen molar-refractivity contribution in [2.24, 2.45) is 11.7 Å². The summed E-state index contributed by atoms with van der Waals surface area (Å²) in [6.07, 6.45) is 3.70. The molecule has 19 heavy (non-hydrogen) atoms. The van der Waals surface area contributed by atoms with E-state index in [1.54, 1.807) is 24.3 Å². The van der Waals surface area contributed by atoms with Crippen LogP contribution >= 0.6 is 0 Å². The van der Waals surface area contributed by atoms with Gasteiger partial charge in [-0.2, -0.15) is 0 Å². The molecule has 1 aliphatic carbocycles. The number of benzene rings is 1. The van der Waals surface area contributed by atoms with Gasteiger partial charge in [-0.1, -0.05) is 6.42 Å². The van der Waals surface area contributed by atoms with Crippen LogP contribution in [0.3, 0.4) is 0 Å². The summed E-state index contributed by atoms with van der Waals surface area (Å²) in [7, 11) is 0. The van der Waals surface area contributed by atoms with Gasteiger partial charge in [-0.3, -0.25) is 9.59 Å². The minimum Gasteiger partial charge on any atom is -0.328 e. The molecular formula is C15H20N2O2. The lowest BCUT2D eigenvalue weighted by atomic mass is 9.85. The Kier molecular flexibility index (Phi) is 4.32. The van der Waals surface area contributed by atoms with E-state index >= 15 is 0 Å². The first-order chi connectivity index (χ1) is 9.06. The molecule has 2 rings (SSSR count). The van der Waals surface area contributed by atoms with Gasteiger partial charge >= 0.3 is 0 Å². The van der Waals surface area contributed by atoms with Crippen molar-refractivity contribution in [2.45, 2.75) is 38.6 Å². The van der Waals surface area contributed by atoms with Crippen molar-refractivity contribution in [1.29, 1.82) is 0 Å². The Balaban J connectivity index is 1.96. The fraction of sp³-hybridized carbons (Fsp3) is 0.467. The third-order valence-electron chi connectivity index (χ3n) is 3.64. The average molecular weight is 260 g/mol. The molecule has 1 aromatic carbocycles. The zero-order chi connectivity index (χ0) is 13.8. The molecule has 0 radical (unpaired) electrons. The molecule has 1 fully saturated rings. The molecule has 1 amide bonds. The molecule has 2 unspecified atom stereocenters. The van der Waals surface area contributed by atoms with E-state index in [2.05, 4.69) is 5.32 Å². The lowest BCUT2D eigenvalue weighted by Gasteiger charge is -2.25. The number of carbonyl (C=O) groups is 2. The van der Waals surface area contributed by atoms with Crippen LogP contribution in [0.15, 0.2) is 24.3 Å². The second kappa shape index (κ2) is 5.97. The molecule has 4 nitrogen and oxygen atoms in total. The zero-order valence-electron chi connectivity index (χ0n) is 11.2. The number of Topliss-reactive ketones (excluding diaryl/α,β-unsaturated/α-hetero) is 1. The smallest absolute Gasteiger partial charge is 0.227 e. The quantitative estimate of drug-likeness (QED) is 0.819. The summed E-state index contributed by atoms with van der Waals surface area (Å²) in [5.41, 5.74) is 7.27. The first-order valence-electron chi connectivity index (χ1n) is 6.73. The van der Waals surface area contributed by atoms with Crippen LogP contribution in [0.1, 0.15) is 43.0 Å². The minimum atomic E-state index is 0.0104. The van der Waals surface area contributed by atoms with E-state index in [-0.39, 0.29) is 23.7 Å². The zero-order valence-corrected chi connectivity index (χ0v) is 11.2. The van der Waals surface area contributed by atoms with E-state index < -0.39 is 0 Å². The van der Waals surface area contributed by atoms with E-state index in [4.69, 9.17) is 5.73 Å². The topological polar surface area (TPSA) is 72.2 Å². The Hall–Kier alpha value is -1.68. The molecule has 0 aromatic heterocycles. The van der Waals surface area contributed by atoms with Crippen LogP contribution < -0.4 is 11.1 Å². The summed E-state index contributed by atoms with van der Waals surface area (Å²) in [5.74, 6) is 0.0677. The predicted molar refractivity (Wildman–Crippen MR) is 75.0 cm³/mol. The van der Waals surface area contributed by atoms with Gasteiger partial charge in [0.15, 0.2) is 5.78 Å². The maximum absolute atomic E-state index is 12.1. The van der Waals surface area contributed by atoms with Crippen LogP contribution in [0.4, 0.5) is 5.69 Å². The highest BCUT2D eigenvalue weighted by Gasteiger charge is 2.25. The van der Waals surface area contributed by atoms with E-state index in [1.165, 1.54) is 6.92 Å². The molecule has 0 spiro atoms. The van der Waals surface area contributed by atoms with E-state index in [1.807, 2.05) is 0 Å². The van der Waals surface area contributed by atoms with Crippen LogP contribution in [0.25, 0.3) is 0 Å². The number of amides is 1. The van der Waals surface area contributed by atoms with Gasteiger partial charge in [0.25, 0.3) is 0 Å². The Morgan fingerprint density at radius 2 is 1.89 bits per heavy atom. The van der Waals surface area contributed by atoms with Gasteiger partial charge in [0.1, 0.15) is 0 Å². The molecule has 2 atom stereocenters. The van der Waals surface area contributed by atoms with Crippen molar-refractivity contribution in [1.82, 2.24) is 0 Å². The van der Waals surface area contributed by atoms with Crippen molar-refractivity contribution in [3.8, 4) is 0 Å². The fourth-order valence-electron chi connectivity index (χ4n) is 2.50. The van der Waals surface area contributed by atoms with Gasteiger partial charge in [-0.05, 0) is 50.5 Å². The summed E-state index contributed by atoms with van der Waals surface area (Å²) in [4.78, 5) is 23.3.